The first-order valence-corrected chi connectivity index (χ1v) is 11.0. The molecule has 9 heteroatoms. The number of imide groups is 1. The number of hydrogen-bond donors (Lipinski definition) is 1. The third kappa shape index (κ3) is 4.80. The maximum atomic E-state index is 12.8. The van der Waals surface area contributed by atoms with Gasteiger partial charge in [0.2, 0.25) is 21.8 Å². The maximum Gasteiger partial charge on any atom is 0.240 e. The van der Waals surface area contributed by atoms with Crippen molar-refractivity contribution in [2.45, 2.75) is 44.2 Å². The highest BCUT2D eigenvalue weighted by molar-refractivity contribution is 7.89. The molecule has 1 aliphatic heterocycles. The van der Waals surface area contributed by atoms with Gasteiger partial charge in [0.25, 0.3) is 0 Å². The van der Waals surface area contributed by atoms with E-state index < -0.39 is 10.0 Å². The van der Waals surface area contributed by atoms with Crippen LogP contribution in [0.4, 0.5) is 5.69 Å². The van der Waals surface area contributed by atoms with Crippen LogP contribution in [0, 0.1) is 0 Å². The van der Waals surface area contributed by atoms with Crippen LogP contribution in [-0.4, -0.2) is 33.4 Å². The van der Waals surface area contributed by atoms with Crippen LogP contribution in [0.2, 0.25) is 0 Å². The number of methoxy groups -OCH3 is 1. The minimum absolute atomic E-state index is 0.00525. The second-order valence-corrected chi connectivity index (χ2v) is 8.86. The van der Waals surface area contributed by atoms with Gasteiger partial charge in [-0.25, -0.2) is 18.0 Å². The molecule has 0 aromatic heterocycles. The molecule has 2 aromatic carbocycles. The van der Waals surface area contributed by atoms with E-state index in [0.717, 1.165) is 10.5 Å². The van der Waals surface area contributed by atoms with Gasteiger partial charge in [-0.2, -0.15) is 0 Å². The van der Waals surface area contributed by atoms with Gasteiger partial charge in [0.1, 0.15) is 11.5 Å². The van der Waals surface area contributed by atoms with E-state index in [1.165, 1.54) is 25.3 Å². The zero-order valence-corrected chi connectivity index (χ0v) is 17.9. The predicted molar refractivity (Wildman–Crippen MR) is 111 cm³/mol. The van der Waals surface area contributed by atoms with Gasteiger partial charge >= 0.3 is 0 Å². The van der Waals surface area contributed by atoms with Crippen molar-refractivity contribution in [2.24, 2.45) is 0 Å². The van der Waals surface area contributed by atoms with Crippen LogP contribution in [0.15, 0.2) is 47.4 Å². The highest BCUT2D eigenvalue weighted by Crippen LogP contribution is 2.34. The molecular formula is C21H24N2O6S. The Balaban J connectivity index is 1.83. The lowest BCUT2D eigenvalue weighted by Gasteiger charge is -2.18. The first-order valence-electron chi connectivity index (χ1n) is 9.50. The van der Waals surface area contributed by atoms with E-state index in [1.807, 2.05) is 13.8 Å². The van der Waals surface area contributed by atoms with E-state index in [0.29, 0.717) is 5.75 Å². The van der Waals surface area contributed by atoms with Gasteiger partial charge in [-0.05, 0) is 49.7 Å². The summed E-state index contributed by atoms with van der Waals surface area (Å²) < 4.78 is 39.0. The van der Waals surface area contributed by atoms with Crippen molar-refractivity contribution in [1.29, 1.82) is 0 Å². The van der Waals surface area contributed by atoms with Crippen molar-refractivity contribution in [2.75, 3.05) is 12.0 Å². The number of anilines is 1. The van der Waals surface area contributed by atoms with Crippen LogP contribution in [0.1, 0.15) is 32.3 Å². The van der Waals surface area contributed by atoms with Gasteiger partial charge in [0, 0.05) is 19.4 Å². The molecule has 160 valence electrons. The first kappa shape index (κ1) is 21.8. The average Bonchev–Trinajstić information content (AvgIpc) is 3.04. The van der Waals surface area contributed by atoms with Crippen molar-refractivity contribution in [3.8, 4) is 11.5 Å². The van der Waals surface area contributed by atoms with Gasteiger partial charge < -0.3 is 9.47 Å². The largest absolute Gasteiger partial charge is 0.495 e. The molecule has 1 fully saturated rings. The number of rotatable bonds is 8. The molecule has 0 atom stereocenters. The monoisotopic (exact) mass is 432 g/mol. The van der Waals surface area contributed by atoms with Crippen molar-refractivity contribution in [3.05, 3.63) is 48.0 Å². The quantitative estimate of drug-likeness (QED) is 0.644. The molecule has 1 N–H and O–H groups in total. The Morgan fingerprint density at radius 3 is 2.40 bits per heavy atom. The lowest BCUT2D eigenvalue weighted by molar-refractivity contribution is -0.121. The first-order chi connectivity index (χ1) is 14.2. The van der Waals surface area contributed by atoms with E-state index in [-0.39, 0.29) is 53.6 Å². The van der Waals surface area contributed by atoms with Crippen LogP contribution in [-0.2, 0) is 26.2 Å². The number of hydrogen-bond acceptors (Lipinski definition) is 6. The third-order valence-electron chi connectivity index (χ3n) is 4.49. The summed E-state index contributed by atoms with van der Waals surface area (Å²) in [5.74, 6) is 0.126. The Morgan fingerprint density at radius 1 is 1.07 bits per heavy atom. The predicted octanol–water partition coefficient (Wildman–Crippen LogP) is 2.61. The molecule has 30 heavy (non-hydrogen) atoms. The SMILES string of the molecule is COc1ccc(S(=O)(=O)NCc2cccc(OC(C)C)c2)cc1N1C(=O)CCC1=O. The average molecular weight is 432 g/mol. The van der Waals surface area contributed by atoms with Crippen LogP contribution in [0.25, 0.3) is 0 Å². The standard InChI is InChI=1S/C21H24N2O6S/c1-14(2)29-16-6-4-5-15(11-16)13-22-30(26,27)17-7-8-19(28-3)18(12-17)23-20(24)9-10-21(23)25/h4-8,11-12,14,22H,9-10,13H2,1-3H3. The minimum Gasteiger partial charge on any atom is -0.495 e. The molecule has 0 saturated carbocycles. The summed E-state index contributed by atoms with van der Waals surface area (Å²) in [5, 5.41) is 0. The molecule has 0 radical (unpaired) electrons. The highest BCUT2D eigenvalue weighted by Gasteiger charge is 2.33. The van der Waals surface area contributed by atoms with Crippen LogP contribution >= 0.6 is 0 Å². The van der Waals surface area contributed by atoms with Gasteiger partial charge in [-0.3, -0.25) is 9.59 Å². The van der Waals surface area contributed by atoms with Crippen molar-refractivity contribution < 1.29 is 27.5 Å². The molecule has 1 saturated heterocycles. The zero-order valence-electron chi connectivity index (χ0n) is 17.0. The molecule has 0 unspecified atom stereocenters. The number of nitrogens with one attached hydrogen (secondary N) is 1. The number of amides is 2. The summed E-state index contributed by atoms with van der Waals surface area (Å²) in [7, 11) is -2.51. The van der Waals surface area contributed by atoms with E-state index in [1.54, 1.807) is 24.3 Å². The Morgan fingerprint density at radius 2 is 1.77 bits per heavy atom. The van der Waals surface area contributed by atoms with Crippen molar-refractivity contribution in [1.82, 2.24) is 4.72 Å². The van der Waals surface area contributed by atoms with E-state index in [9.17, 15) is 18.0 Å². The van der Waals surface area contributed by atoms with Crippen LogP contribution in [0.3, 0.4) is 0 Å². The zero-order chi connectivity index (χ0) is 21.9. The van der Waals surface area contributed by atoms with Crippen LogP contribution < -0.4 is 19.1 Å². The number of carbonyl (C=O) groups is 2. The van der Waals surface area contributed by atoms with Crippen molar-refractivity contribution >= 4 is 27.5 Å². The number of sulfonamides is 1. The topological polar surface area (TPSA) is 102 Å². The molecule has 2 amide bonds. The number of carbonyl (C=O) groups excluding carboxylic acids is 2. The fraction of sp³-hybridized carbons (Fsp3) is 0.333. The highest BCUT2D eigenvalue weighted by atomic mass is 32.2. The number of nitrogens with zero attached hydrogens (tertiary/aromatic N) is 1. The van der Waals surface area contributed by atoms with E-state index in [2.05, 4.69) is 4.72 Å². The molecule has 3 rings (SSSR count). The maximum absolute atomic E-state index is 12.8. The Labute approximate surface area is 175 Å². The van der Waals surface area contributed by atoms with Gasteiger partial charge in [0.05, 0.1) is 23.8 Å². The van der Waals surface area contributed by atoms with Crippen molar-refractivity contribution in [3.63, 3.8) is 0 Å². The molecule has 8 nitrogen and oxygen atoms in total. The lowest BCUT2D eigenvalue weighted by Crippen LogP contribution is -2.29. The molecule has 0 bridgehead atoms. The van der Waals surface area contributed by atoms with Gasteiger partial charge in [-0.15, -0.1) is 0 Å². The summed E-state index contributed by atoms with van der Waals surface area (Å²) in [6.45, 7) is 3.87. The molecule has 1 heterocycles. The van der Waals surface area contributed by atoms with E-state index >= 15 is 0 Å². The fourth-order valence-electron chi connectivity index (χ4n) is 3.12. The summed E-state index contributed by atoms with van der Waals surface area (Å²) in [5.41, 5.74) is 0.857. The Hall–Kier alpha value is -2.91. The van der Waals surface area contributed by atoms with Gasteiger partial charge in [0.15, 0.2) is 0 Å². The molecule has 2 aromatic rings. The second kappa shape index (κ2) is 8.85. The molecule has 1 aliphatic rings. The normalized spacial score (nSPS) is 14.5. The summed E-state index contributed by atoms with van der Waals surface area (Å²) in [6.07, 6.45) is 0.184. The number of ether oxygens (including phenoxy) is 2. The van der Waals surface area contributed by atoms with E-state index in [4.69, 9.17) is 9.47 Å². The fourth-order valence-corrected chi connectivity index (χ4v) is 4.16. The molecule has 0 spiro atoms. The van der Waals surface area contributed by atoms with Gasteiger partial charge in [-0.1, -0.05) is 12.1 Å². The third-order valence-corrected chi connectivity index (χ3v) is 5.89. The minimum atomic E-state index is -3.90. The summed E-state index contributed by atoms with van der Waals surface area (Å²) in [4.78, 5) is 25.1. The Bertz CT molecular complexity index is 1050. The summed E-state index contributed by atoms with van der Waals surface area (Å²) in [6, 6.07) is 11.2. The lowest BCUT2D eigenvalue weighted by atomic mass is 10.2. The Kier molecular flexibility index (Phi) is 6.42. The smallest absolute Gasteiger partial charge is 0.240 e. The summed E-state index contributed by atoms with van der Waals surface area (Å²) >= 11 is 0. The second-order valence-electron chi connectivity index (χ2n) is 7.10. The van der Waals surface area contributed by atoms with Crippen LogP contribution in [0.5, 0.6) is 11.5 Å². The number of benzene rings is 2. The molecular weight excluding hydrogens is 408 g/mol. The molecule has 0 aliphatic carbocycles.